The maximum Gasteiger partial charge on any atom is 0.146 e. The first-order valence-corrected chi connectivity index (χ1v) is 6.69. The number of pyridine rings is 1. The van der Waals surface area contributed by atoms with Crippen LogP contribution in [-0.4, -0.2) is 27.2 Å². The minimum absolute atomic E-state index is 0.312. The van der Waals surface area contributed by atoms with Gasteiger partial charge in [-0.25, -0.2) is 4.98 Å². The first kappa shape index (κ1) is 12.9. The van der Waals surface area contributed by atoms with Gasteiger partial charge in [-0.2, -0.15) is 5.26 Å². The predicted molar refractivity (Wildman–Crippen MR) is 66.0 cm³/mol. The second-order valence-electron chi connectivity index (χ2n) is 2.99. The Hall–Kier alpha value is -1.12. The van der Waals surface area contributed by atoms with E-state index in [2.05, 4.69) is 10.3 Å². The fraction of sp³-hybridized carbons (Fsp3) is 0.400. The van der Waals surface area contributed by atoms with Gasteiger partial charge in [0.1, 0.15) is 16.9 Å². The smallest absolute Gasteiger partial charge is 0.146 e. The van der Waals surface area contributed by atoms with Crippen LogP contribution in [0.5, 0.6) is 0 Å². The molecule has 0 saturated carbocycles. The predicted octanol–water partition coefficient (Wildman–Crippen LogP) is 1.79. The van der Waals surface area contributed by atoms with E-state index in [0.29, 0.717) is 34.5 Å². The van der Waals surface area contributed by atoms with Gasteiger partial charge in [-0.15, -0.1) is 0 Å². The number of nitrogens with one attached hydrogen (secondary N) is 1. The van der Waals surface area contributed by atoms with Gasteiger partial charge in [-0.1, -0.05) is 18.5 Å². The first-order chi connectivity index (χ1) is 7.69. The van der Waals surface area contributed by atoms with Gasteiger partial charge < -0.3 is 5.32 Å². The van der Waals surface area contributed by atoms with Crippen molar-refractivity contribution in [3.8, 4) is 6.07 Å². The molecule has 86 valence electrons. The van der Waals surface area contributed by atoms with E-state index in [1.54, 1.807) is 6.07 Å². The Morgan fingerprint density at radius 2 is 2.44 bits per heavy atom. The van der Waals surface area contributed by atoms with Gasteiger partial charge in [0.05, 0.1) is 5.56 Å². The van der Waals surface area contributed by atoms with Crippen LogP contribution >= 0.6 is 11.6 Å². The van der Waals surface area contributed by atoms with E-state index >= 15 is 0 Å². The van der Waals surface area contributed by atoms with Crippen molar-refractivity contribution in [3.05, 3.63) is 22.8 Å². The van der Waals surface area contributed by atoms with Crippen LogP contribution in [0.25, 0.3) is 0 Å². The fourth-order valence-electron chi connectivity index (χ4n) is 1.08. The SMILES string of the molecule is CCS(=O)CCNc1nccc(C#N)c1Cl. The molecule has 1 atom stereocenters. The Balaban J connectivity index is 2.61. The van der Waals surface area contributed by atoms with Crippen LogP contribution in [0.4, 0.5) is 5.82 Å². The van der Waals surface area contributed by atoms with E-state index < -0.39 is 10.8 Å². The molecule has 0 aliphatic carbocycles. The monoisotopic (exact) mass is 257 g/mol. The van der Waals surface area contributed by atoms with Gasteiger partial charge in [0.2, 0.25) is 0 Å². The van der Waals surface area contributed by atoms with Gasteiger partial charge in [0, 0.05) is 35.0 Å². The molecule has 0 spiro atoms. The van der Waals surface area contributed by atoms with Gasteiger partial charge in [0.15, 0.2) is 0 Å². The Morgan fingerprint density at radius 1 is 1.69 bits per heavy atom. The lowest BCUT2D eigenvalue weighted by Crippen LogP contribution is -2.13. The molecular formula is C10H12ClN3OS. The minimum Gasteiger partial charge on any atom is -0.368 e. The van der Waals surface area contributed by atoms with Crippen LogP contribution in [0.2, 0.25) is 5.02 Å². The molecule has 0 fully saturated rings. The Bertz CT molecular complexity index is 431. The summed E-state index contributed by atoms with van der Waals surface area (Å²) in [5.41, 5.74) is 0.385. The van der Waals surface area contributed by atoms with E-state index in [4.69, 9.17) is 16.9 Å². The topological polar surface area (TPSA) is 65.8 Å². The summed E-state index contributed by atoms with van der Waals surface area (Å²) in [5, 5.41) is 12.0. The van der Waals surface area contributed by atoms with E-state index in [1.165, 1.54) is 6.20 Å². The van der Waals surface area contributed by atoms with Gasteiger partial charge in [-0.3, -0.25) is 4.21 Å². The van der Waals surface area contributed by atoms with Crippen molar-refractivity contribution in [1.82, 2.24) is 4.98 Å². The highest BCUT2D eigenvalue weighted by molar-refractivity contribution is 7.84. The summed E-state index contributed by atoms with van der Waals surface area (Å²) in [6, 6.07) is 3.53. The Labute approximate surface area is 102 Å². The number of hydrogen-bond acceptors (Lipinski definition) is 4. The second kappa shape index (κ2) is 6.46. The lowest BCUT2D eigenvalue weighted by Gasteiger charge is -2.07. The summed E-state index contributed by atoms with van der Waals surface area (Å²) >= 11 is 5.93. The standard InChI is InChI=1S/C10H12ClN3OS/c1-2-16(15)6-5-14-10-9(11)8(7-12)3-4-13-10/h3-4H,2,5-6H2,1H3,(H,13,14). The number of halogens is 1. The quantitative estimate of drug-likeness (QED) is 0.873. The van der Waals surface area contributed by atoms with Crippen LogP contribution in [0.3, 0.4) is 0 Å². The molecule has 0 aliphatic rings. The van der Waals surface area contributed by atoms with Crippen molar-refractivity contribution in [3.63, 3.8) is 0 Å². The van der Waals surface area contributed by atoms with Crippen molar-refractivity contribution in [2.75, 3.05) is 23.4 Å². The number of nitrogens with zero attached hydrogens (tertiary/aromatic N) is 2. The Morgan fingerprint density at radius 3 is 3.06 bits per heavy atom. The lowest BCUT2D eigenvalue weighted by molar-refractivity contribution is 0.684. The van der Waals surface area contributed by atoms with Gasteiger partial charge >= 0.3 is 0 Å². The molecule has 1 aromatic rings. The van der Waals surface area contributed by atoms with E-state index in [1.807, 2.05) is 13.0 Å². The van der Waals surface area contributed by atoms with E-state index in [9.17, 15) is 4.21 Å². The third-order valence-corrected chi connectivity index (χ3v) is 3.64. The van der Waals surface area contributed by atoms with Gasteiger partial charge in [0.25, 0.3) is 0 Å². The van der Waals surface area contributed by atoms with Crippen LogP contribution < -0.4 is 5.32 Å². The molecule has 0 aliphatic heterocycles. The zero-order valence-electron chi connectivity index (χ0n) is 8.86. The number of rotatable bonds is 5. The largest absolute Gasteiger partial charge is 0.368 e. The highest BCUT2D eigenvalue weighted by Crippen LogP contribution is 2.22. The molecule has 1 heterocycles. The Kier molecular flexibility index (Phi) is 5.23. The minimum atomic E-state index is -0.813. The van der Waals surface area contributed by atoms with Gasteiger partial charge in [-0.05, 0) is 6.07 Å². The summed E-state index contributed by atoms with van der Waals surface area (Å²) in [4.78, 5) is 4.02. The van der Waals surface area contributed by atoms with Crippen molar-refractivity contribution in [2.45, 2.75) is 6.92 Å². The maximum absolute atomic E-state index is 11.2. The average molecular weight is 258 g/mol. The molecule has 0 aromatic carbocycles. The molecule has 16 heavy (non-hydrogen) atoms. The summed E-state index contributed by atoms with van der Waals surface area (Å²) in [5.74, 6) is 1.65. The molecule has 6 heteroatoms. The summed E-state index contributed by atoms with van der Waals surface area (Å²) in [7, 11) is -0.813. The fourth-order valence-corrected chi connectivity index (χ4v) is 1.92. The van der Waals surface area contributed by atoms with Crippen molar-refractivity contribution in [2.24, 2.45) is 0 Å². The molecule has 0 radical (unpaired) electrons. The van der Waals surface area contributed by atoms with E-state index in [0.717, 1.165) is 0 Å². The molecule has 1 unspecified atom stereocenters. The molecule has 1 N–H and O–H groups in total. The van der Waals surface area contributed by atoms with Crippen LogP contribution in [0, 0.1) is 11.3 Å². The van der Waals surface area contributed by atoms with Crippen LogP contribution in [-0.2, 0) is 10.8 Å². The zero-order chi connectivity index (χ0) is 12.0. The van der Waals surface area contributed by atoms with Crippen molar-refractivity contribution >= 4 is 28.2 Å². The van der Waals surface area contributed by atoms with E-state index in [-0.39, 0.29) is 0 Å². The third kappa shape index (κ3) is 3.47. The highest BCUT2D eigenvalue weighted by atomic mass is 35.5. The first-order valence-electron chi connectivity index (χ1n) is 4.82. The molecule has 0 bridgehead atoms. The molecule has 4 nitrogen and oxygen atoms in total. The van der Waals surface area contributed by atoms with Crippen molar-refractivity contribution < 1.29 is 4.21 Å². The second-order valence-corrected chi connectivity index (χ2v) is 5.24. The molecule has 0 amide bonds. The molecule has 1 aromatic heterocycles. The normalized spacial score (nSPS) is 11.8. The molecule has 0 saturated heterocycles. The molecular weight excluding hydrogens is 246 g/mol. The number of hydrogen-bond donors (Lipinski definition) is 1. The average Bonchev–Trinajstić information content (AvgIpc) is 2.31. The summed E-state index contributed by atoms with van der Waals surface area (Å²) in [6.07, 6.45) is 1.52. The highest BCUT2D eigenvalue weighted by Gasteiger charge is 2.06. The lowest BCUT2D eigenvalue weighted by atomic mass is 10.3. The van der Waals surface area contributed by atoms with Crippen molar-refractivity contribution in [1.29, 1.82) is 5.26 Å². The third-order valence-electron chi connectivity index (χ3n) is 1.95. The summed E-state index contributed by atoms with van der Waals surface area (Å²) < 4.78 is 11.2. The van der Waals surface area contributed by atoms with Crippen LogP contribution in [0.15, 0.2) is 12.3 Å². The summed E-state index contributed by atoms with van der Waals surface area (Å²) in [6.45, 7) is 2.40. The number of anilines is 1. The number of nitriles is 1. The molecule has 1 rings (SSSR count). The number of aromatic nitrogens is 1. The maximum atomic E-state index is 11.2. The zero-order valence-corrected chi connectivity index (χ0v) is 10.4. The van der Waals surface area contributed by atoms with Crippen LogP contribution in [0.1, 0.15) is 12.5 Å².